The number of esters is 1. The van der Waals surface area contributed by atoms with Gasteiger partial charge in [0, 0.05) is 6.54 Å². The largest absolute Gasteiger partial charge is 0.489 e. The fraction of sp³-hybridized carbons (Fsp3) is 0.200. The van der Waals surface area contributed by atoms with Gasteiger partial charge in [-0.1, -0.05) is 36.4 Å². The molecular weight excluding hydrogens is 318 g/mol. The van der Waals surface area contributed by atoms with E-state index >= 15 is 0 Å². The summed E-state index contributed by atoms with van der Waals surface area (Å²) in [7, 11) is 0. The number of benzene rings is 2. The van der Waals surface area contributed by atoms with E-state index in [2.05, 4.69) is 11.9 Å². The maximum Gasteiger partial charge on any atom is 0.338 e. The molecule has 0 radical (unpaired) electrons. The van der Waals surface area contributed by atoms with Gasteiger partial charge in [0.1, 0.15) is 12.4 Å². The lowest BCUT2D eigenvalue weighted by atomic mass is 10.2. The van der Waals surface area contributed by atoms with Crippen LogP contribution in [0, 0.1) is 0 Å². The smallest absolute Gasteiger partial charge is 0.338 e. The summed E-state index contributed by atoms with van der Waals surface area (Å²) >= 11 is 0. The summed E-state index contributed by atoms with van der Waals surface area (Å²) in [5.74, 6) is -0.274. The van der Waals surface area contributed by atoms with Crippen LogP contribution in [0.2, 0.25) is 0 Å². The molecule has 130 valence electrons. The van der Waals surface area contributed by atoms with Crippen molar-refractivity contribution in [2.45, 2.75) is 19.6 Å². The molecule has 0 saturated carbocycles. The second-order valence-electron chi connectivity index (χ2n) is 5.38. The van der Waals surface area contributed by atoms with Gasteiger partial charge in [-0.3, -0.25) is 4.79 Å². The number of nitrogens with one attached hydrogen (secondary N) is 1. The predicted molar refractivity (Wildman–Crippen MR) is 95.3 cm³/mol. The fourth-order valence-electron chi connectivity index (χ4n) is 2.03. The number of hydrogen-bond donors (Lipinski definition) is 1. The average Bonchev–Trinajstić information content (AvgIpc) is 2.65. The van der Waals surface area contributed by atoms with Crippen LogP contribution in [0.4, 0.5) is 0 Å². The normalized spacial score (nSPS) is 11.2. The molecule has 0 bridgehead atoms. The molecule has 0 aliphatic carbocycles. The molecule has 2 rings (SSSR count). The van der Waals surface area contributed by atoms with Gasteiger partial charge in [-0.25, -0.2) is 4.79 Å². The Bertz CT molecular complexity index is 710. The summed E-state index contributed by atoms with van der Waals surface area (Å²) < 4.78 is 10.8. The van der Waals surface area contributed by atoms with Crippen molar-refractivity contribution in [3.05, 3.63) is 78.4 Å². The monoisotopic (exact) mass is 339 g/mol. The number of amides is 1. The Morgan fingerprint density at radius 1 is 1.12 bits per heavy atom. The van der Waals surface area contributed by atoms with Crippen molar-refractivity contribution in [3.8, 4) is 5.75 Å². The van der Waals surface area contributed by atoms with Crippen LogP contribution in [-0.2, 0) is 16.1 Å². The second-order valence-corrected chi connectivity index (χ2v) is 5.38. The molecule has 0 unspecified atom stereocenters. The summed E-state index contributed by atoms with van der Waals surface area (Å²) in [6, 6.07) is 16.4. The molecule has 0 aliphatic heterocycles. The molecule has 0 fully saturated rings. The lowest BCUT2D eigenvalue weighted by molar-refractivity contribution is -0.128. The van der Waals surface area contributed by atoms with E-state index in [0.717, 1.165) is 5.56 Å². The van der Waals surface area contributed by atoms with Gasteiger partial charge < -0.3 is 14.8 Å². The summed E-state index contributed by atoms with van der Waals surface area (Å²) in [5, 5.41) is 2.58. The standard InChI is InChI=1S/C20H21NO4/c1-3-13-21-19(22)15(2)25-20(23)17-9-11-18(12-10-17)24-14-16-7-5-4-6-8-16/h3-12,15H,1,13-14H2,2H3,(H,21,22)/t15-/m0/s1. The minimum absolute atomic E-state index is 0.328. The van der Waals surface area contributed by atoms with Gasteiger partial charge in [0.25, 0.3) is 5.91 Å². The minimum atomic E-state index is -0.874. The van der Waals surface area contributed by atoms with Crippen molar-refractivity contribution in [1.82, 2.24) is 5.32 Å². The van der Waals surface area contributed by atoms with Crippen LogP contribution in [-0.4, -0.2) is 24.5 Å². The SMILES string of the molecule is C=CCNC(=O)[C@H](C)OC(=O)c1ccc(OCc2ccccc2)cc1. The quantitative estimate of drug-likeness (QED) is 0.593. The molecule has 1 amide bonds. The van der Waals surface area contributed by atoms with Crippen LogP contribution < -0.4 is 10.1 Å². The van der Waals surface area contributed by atoms with E-state index in [-0.39, 0.29) is 5.91 Å². The van der Waals surface area contributed by atoms with Crippen molar-refractivity contribution < 1.29 is 19.1 Å². The number of ether oxygens (including phenoxy) is 2. The molecule has 2 aromatic rings. The number of rotatable bonds is 8. The number of hydrogen-bond acceptors (Lipinski definition) is 4. The third-order valence-corrected chi connectivity index (χ3v) is 3.41. The molecule has 5 heteroatoms. The van der Waals surface area contributed by atoms with Crippen LogP contribution in [0.5, 0.6) is 5.75 Å². The summed E-state index contributed by atoms with van der Waals surface area (Å²) in [4.78, 5) is 23.7. The topological polar surface area (TPSA) is 64.6 Å². The van der Waals surface area contributed by atoms with Crippen LogP contribution in [0.15, 0.2) is 67.3 Å². The van der Waals surface area contributed by atoms with Gasteiger partial charge in [-0.2, -0.15) is 0 Å². The van der Waals surface area contributed by atoms with E-state index in [9.17, 15) is 9.59 Å². The summed E-state index contributed by atoms with van der Waals surface area (Å²) in [6.07, 6.45) is 0.683. The minimum Gasteiger partial charge on any atom is -0.489 e. The molecule has 0 saturated heterocycles. The first kappa shape index (κ1) is 18.3. The molecular formula is C20H21NO4. The Morgan fingerprint density at radius 3 is 2.44 bits per heavy atom. The molecule has 25 heavy (non-hydrogen) atoms. The van der Waals surface area contributed by atoms with Gasteiger partial charge in [-0.15, -0.1) is 6.58 Å². The fourth-order valence-corrected chi connectivity index (χ4v) is 2.03. The predicted octanol–water partition coefficient (Wildman–Crippen LogP) is 3.11. The molecule has 0 aliphatic rings. The zero-order valence-corrected chi connectivity index (χ0v) is 14.1. The Hall–Kier alpha value is -3.08. The molecule has 1 N–H and O–H groups in total. The molecule has 2 aromatic carbocycles. The van der Waals surface area contributed by atoms with Gasteiger partial charge in [0.2, 0.25) is 0 Å². The van der Waals surface area contributed by atoms with Gasteiger partial charge in [0.15, 0.2) is 6.10 Å². The molecule has 0 aromatic heterocycles. The first-order valence-corrected chi connectivity index (χ1v) is 7.96. The second kappa shape index (κ2) is 9.27. The van der Waals surface area contributed by atoms with E-state index < -0.39 is 12.1 Å². The van der Waals surface area contributed by atoms with Crippen molar-refractivity contribution in [2.24, 2.45) is 0 Å². The first-order chi connectivity index (χ1) is 12.1. The van der Waals surface area contributed by atoms with Crippen LogP contribution in [0.1, 0.15) is 22.8 Å². The third-order valence-electron chi connectivity index (χ3n) is 3.41. The Balaban J connectivity index is 1.87. The number of carbonyl (C=O) groups is 2. The summed E-state index contributed by atoms with van der Waals surface area (Å²) in [5.41, 5.74) is 1.42. The molecule has 1 atom stereocenters. The van der Waals surface area contributed by atoms with Crippen LogP contribution in [0.25, 0.3) is 0 Å². The van der Waals surface area contributed by atoms with Gasteiger partial charge in [-0.05, 0) is 36.8 Å². The maximum atomic E-state index is 12.1. The Morgan fingerprint density at radius 2 is 1.80 bits per heavy atom. The van der Waals surface area contributed by atoms with Crippen molar-refractivity contribution in [3.63, 3.8) is 0 Å². The van der Waals surface area contributed by atoms with E-state index in [4.69, 9.17) is 9.47 Å². The Kier molecular flexibility index (Phi) is 6.77. The highest BCUT2D eigenvalue weighted by atomic mass is 16.5. The van der Waals surface area contributed by atoms with E-state index in [0.29, 0.717) is 24.5 Å². The van der Waals surface area contributed by atoms with Crippen LogP contribution in [0.3, 0.4) is 0 Å². The van der Waals surface area contributed by atoms with E-state index in [1.54, 1.807) is 30.3 Å². The highest BCUT2D eigenvalue weighted by Gasteiger charge is 2.18. The summed E-state index contributed by atoms with van der Waals surface area (Å²) in [6.45, 7) is 5.81. The highest BCUT2D eigenvalue weighted by Crippen LogP contribution is 2.15. The van der Waals surface area contributed by atoms with Gasteiger partial charge >= 0.3 is 5.97 Å². The molecule has 5 nitrogen and oxygen atoms in total. The van der Waals surface area contributed by atoms with Crippen LogP contribution >= 0.6 is 0 Å². The highest BCUT2D eigenvalue weighted by molar-refractivity contribution is 5.92. The zero-order valence-electron chi connectivity index (χ0n) is 14.1. The zero-order chi connectivity index (χ0) is 18.1. The average molecular weight is 339 g/mol. The van der Waals surface area contributed by atoms with Crippen molar-refractivity contribution in [1.29, 1.82) is 0 Å². The third kappa shape index (κ3) is 5.80. The first-order valence-electron chi connectivity index (χ1n) is 7.96. The molecule has 0 heterocycles. The lowest BCUT2D eigenvalue weighted by Crippen LogP contribution is -2.35. The number of carbonyl (C=O) groups excluding carboxylic acids is 2. The van der Waals surface area contributed by atoms with Crippen molar-refractivity contribution >= 4 is 11.9 Å². The lowest BCUT2D eigenvalue weighted by Gasteiger charge is -2.13. The van der Waals surface area contributed by atoms with E-state index in [1.165, 1.54) is 6.92 Å². The van der Waals surface area contributed by atoms with Crippen molar-refractivity contribution in [2.75, 3.05) is 6.54 Å². The maximum absolute atomic E-state index is 12.1. The Labute approximate surface area is 147 Å². The van der Waals surface area contributed by atoms with E-state index in [1.807, 2.05) is 30.3 Å². The van der Waals surface area contributed by atoms with Gasteiger partial charge in [0.05, 0.1) is 5.56 Å². The molecule has 0 spiro atoms.